The van der Waals surface area contributed by atoms with Gasteiger partial charge in [-0.1, -0.05) is 0 Å². The average Bonchev–Trinajstić information content (AvgIpc) is 2.98. The molecular formula is C20H24FN3O2. The maximum atomic E-state index is 13.7. The molecule has 1 saturated heterocycles. The van der Waals surface area contributed by atoms with Crippen LogP contribution in [0.4, 0.5) is 4.39 Å². The summed E-state index contributed by atoms with van der Waals surface area (Å²) in [7, 11) is 3.39. The number of amides is 1. The Bertz CT molecular complexity index is 796. The van der Waals surface area contributed by atoms with Crippen molar-refractivity contribution in [3.63, 3.8) is 0 Å². The van der Waals surface area contributed by atoms with E-state index in [-0.39, 0.29) is 23.7 Å². The number of hydrogen-bond donors (Lipinski definition) is 1. The Balaban J connectivity index is 1.75. The van der Waals surface area contributed by atoms with Crippen molar-refractivity contribution >= 4 is 5.91 Å². The van der Waals surface area contributed by atoms with Gasteiger partial charge in [0.05, 0.1) is 12.8 Å². The van der Waals surface area contributed by atoms with Crippen LogP contribution in [0.5, 0.6) is 5.75 Å². The number of nitrogens with zero attached hydrogens (tertiary/aromatic N) is 2. The fourth-order valence-corrected chi connectivity index (χ4v) is 3.42. The van der Waals surface area contributed by atoms with Crippen LogP contribution < -0.4 is 10.5 Å². The number of carbonyl (C=O) groups is 1. The van der Waals surface area contributed by atoms with Gasteiger partial charge in [-0.3, -0.25) is 9.78 Å². The summed E-state index contributed by atoms with van der Waals surface area (Å²) in [6, 6.07) is 7.82. The summed E-state index contributed by atoms with van der Waals surface area (Å²) in [4.78, 5) is 18.2. The number of methoxy groups -OCH3 is 1. The molecule has 2 heterocycles. The van der Waals surface area contributed by atoms with Crippen molar-refractivity contribution in [2.24, 2.45) is 11.7 Å². The lowest BCUT2D eigenvalue weighted by Gasteiger charge is -2.15. The highest BCUT2D eigenvalue weighted by atomic mass is 19.1. The van der Waals surface area contributed by atoms with Crippen molar-refractivity contribution in [2.75, 3.05) is 20.7 Å². The van der Waals surface area contributed by atoms with Crippen molar-refractivity contribution < 1.29 is 13.9 Å². The van der Waals surface area contributed by atoms with Crippen LogP contribution in [-0.2, 0) is 4.79 Å². The van der Waals surface area contributed by atoms with Gasteiger partial charge in [-0.2, -0.15) is 0 Å². The van der Waals surface area contributed by atoms with E-state index in [0.29, 0.717) is 17.7 Å². The van der Waals surface area contributed by atoms with E-state index in [0.717, 1.165) is 30.6 Å². The van der Waals surface area contributed by atoms with Gasteiger partial charge in [-0.05, 0) is 55.2 Å². The van der Waals surface area contributed by atoms with Gasteiger partial charge >= 0.3 is 0 Å². The second kappa shape index (κ2) is 7.83. The molecule has 2 atom stereocenters. The van der Waals surface area contributed by atoms with Crippen molar-refractivity contribution in [1.82, 2.24) is 9.88 Å². The fourth-order valence-electron chi connectivity index (χ4n) is 3.42. The van der Waals surface area contributed by atoms with E-state index in [9.17, 15) is 9.18 Å². The van der Waals surface area contributed by atoms with Crippen molar-refractivity contribution in [2.45, 2.75) is 25.3 Å². The summed E-state index contributed by atoms with van der Waals surface area (Å²) < 4.78 is 19.0. The summed E-state index contributed by atoms with van der Waals surface area (Å²) in [5.41, 5.74) is 8.50. The maximum Gasteiger partial charge on any atom is 0.225 e. The molecule has 1 aromatic carbocycles. The number of aromatic nitrogens is 1. The number of hydrogen-bond acceptors (Lipinski definition) is 4. The molecule has 1 amide bonds. The highest BCUT2D eigenvalue weighted by Crippen LogP contribution is 2.32. The smallest absolute Gasteiger partial charge is 0.225 e. The van der Waals surface area contributed by atoms with Crippen molar-refractivity contribution in [1.29, 1.82) is 0 Å². The minimum Gasteiger partial charge on any atom is -0.496 e. The van der Waals surface area contributed by atoms with E-state index in [4.69, 9.17) is 10.5 Å². The Morgan fingerprint density at radius 3 is 2.88 bits per heavy atom. The second-order valence-electron chi connectivity index (χ2n) is 6.74. The third-order valence-electron chi connectivity index (χ3n) is 5.00. The number of ether oxygens (including phenoxy) is 1. The van der Waals surface area contributed by atoms with Crippen LogP contribution in [0.3, 0.4) is 0 Å². The van der Waals surface area contributed by atoms with Crippen LogP contribution in [0, 0.1) is 11.7 Å². The number of rotatable bonds is 6. The van der Waals surface area contributed by atoms with Gasteiger partial charge in [-0.25, -0.2) is 4.39 Å². The number of likely N-dealkylation sites (tertiary alicyclic amines) is 1. The number of halogens is 1. The Hall–Kier alpha value is -2.47. The average molecular weight is 357 g/mol. The number of nitrogens with two attached hydrogens (primary N) is 1. The molecule has 1 aliphatic heterocycles. The highest BCUT2D eigenvalue weighted by molar-refractivity contribution is 5.80. The Morgan fingerprint density at radius 2 is 2.19 bits per heavy atom. The summed E-state index contributed by atoms with van der Waals surface area (Å²) in [6.45, 7) is 0.811. The molecule has 0 bridgehead atoms. The van der Waals surface area contributed by atoms with Crippen LogP contribution in [0.2, 0.25) is 0 Å². The molecule has 0 spiro atoms. The molecule has 1 aromatic heterocycles. The Kier molecular flexibility index (Phi) is 5.52. The quantitative estimate of drug-likeness (QED) is 0.862. The van der Waals surface area contributed by atoms with E-state index in [1.165, 1.54) is 12.1 Å². The Labute approximate surface area is 153 Å². The maximum absolute atomic E-state index is 13.7. The summed E-state index contributed by atoms with van der Waals surface area (Å²) in [5, 5.41) is 0. The molecular weight excluding hydrogens is 333 g/mol. The molecule has 1 aliphatic rings. The van der Waals surface area contributed by atoms with Gasteiger partial charge in [0.15, 0.2) is 0 Å². The number of carbonyl (C=O) groups excluding carboxylic acids is 1. The number of benzene rings is 1. The second-order valence-corrected chi connectivity index (χ2v) is 6.74. The van der Waals surface area contributed by atoms with Crippen molar-refractivity contribution in [3.8, 4) is 16.9 Å². The largest absolute Gasteiger partial charge is 0.496 e. The molecule has 0 radical (unpaired) electrons. The van der Waals surface area contributed by atoms with Crippen LogP contribution in [-0.4, -0.2) is 36.5 Å². The molecule has 3 rings (SSSR count). The third kappa shape index (κ3) is 3.85. The first-order valence-corrected chi connectivity index (χ1v) is 8.80. The fraction of sp³-hybridized carbons (Fsp3) is 0.400. The minimum atomic E-state index is -0.327. The summed E-state index contributed by atoms with van der Waals surface area (Å²) in [5.74, 6) is 0.519. The van der Waals surface area contributed by atoms with E-state index in [2.05, 4.69) is 4.98 Å². The topological polar surface area (TPSA) is 68.5 Å². The van der Waals surface area contributed by atoms with Gasteiger partial charge in [0, 0.05) is 37.3 Å². The molecule has 138 valence electrons. The monoisotopic (exact) mass is 357 g/mol. The lowest BCUT2D eigenvalue weighted by atomic mass is 9.96. The van der Waals surface area contributed by atoms with E-state index < -0.39 is 0 Å². The Morgan fingerprint density at radius 1 is 1.38 bits per heavy atom. The molecule has 6 heteroatoms. The molecule has 2 aromatic rings. The minimum absolute atomic E-state index is 0.0533. The summed E-state index contributed by atoms with van der Waals surface area (Å²) >= 11 is 0. The third-order valence-corrected chi connectivity index (χ3v) is 5.00. The molecule has 26 heavy (non-hydrogen) atoms. The number of pyridine rings is 1. The molecule has 0 saturated carbocycles. The van der Waals surface area contributed by atoms with Gasteiger partial charge in [0.1, 0.15) is 11.6 Å². The van der Waals surface area contributed by atoms with Crippen LogP contribution >= 0.6 is 0 Å². The van der Waals surface area contributed by atoms with Crippen LogP contribution in [0.1, 0.15) is 31.0 Å². The van der Waals surface area contributed by atoms with Gasteiger partial charge in [-0.15, -0.1) is 0 Å². The first-order chi connectivity index (χ1) is 12.5. The molecule has 0 unspecified atom stereocenters. The zero-order valence-electron chi connectivity index (χ0n) is 15.1. The van der Waals surface area contributed by atoms with E-state index >= 15 is 0 Å². The lowest BCUT2D eigenvalue weighted by molar-refractivity contribution is -0.130. The lowest BCUT2D eigenvalue weighted by Crippen LogP contribution is -2.23. The predicted octanol–water partition coefficient (Wildman–Crippen LogP) is 3.15. The van der Waals surface area contributed by atoms with Crippen LogP contribution in [0.25, 0.3) is 11.1 Å². The molecule has 2 N–H and O–H groups in total. The molecule has 1 fully saturated rings. The standard InChI is InChI=1S/C20H24FN3O2/c1-24-10-8-13(20(24)25)3-5-17(22)18-11-14(7-9-23-18)16-12-15(21)4-6-19(16)26-2/h4,6-7,9,11-13,17H,3,5,8,10,22H2,1-2H3/t13-,17-/m1/s1. The predicted molar refractivity (Wildman–Crippen MR) is 98.1 cm³/mol. The zero-order valence-corrected chi connectivity index (χ0v) is 15.1. The first-order valence-electron chi connectivity index (χ1n) is 8.80. The molecule has 0 aliphatic carbocycles. The van der Waals surface area contributed by atoms with E-state index in [1.54, 1.807) is 24.3 Å². The molecule has 5 nitrogen and oxygen atoms in total. The first kappa shape index (κ1) is 18.3. The van der Waals surface area contributed by atoms with Crippen LogP contribution in [0.15, 0.2) is 36.5 Å². The zero-order chi connectivity index (χ0) is 18.7. The van der Waals surface area contributed by atoms with Gasteiger partial charge in [0.25, 0.3) is 0 Å². The van der Waals surface area contributed by atoms with Gasteiger partial charge < -0.3 is 15.4 Å². The SMILES string of the molecule is COc1ccc(F)cc1-c1ccnc([C@H](N)CC[C@@H]2CCN(C)C2=O)c1. The van der Waals surface area contributed by atoms with E-state index in [1.807, 2.05) is 19.2 Å². The van der Waals surface area contributed by atoms with Crippen molar-refractivity contribution in [3.05, 3.63) is 48.0 Å². The normalized spacial score (nSPS) is 18.2. The summed E-state index contributed by atoms with van der Waals surface area (Å²) in [6.07, 6.45) is 3.99. The highest BCUT2D eigenvalue weighted by Gasteiger charge is 2.29. The van der Waals surface area contributed by atoms with Gasteiger partial charge in [0.2, 0.25) is 5.91 Å².